The highest BCUT2D eigenvalue weighted by Gasteiger charge is 2.16. The minimum atomic E-state index is 0.256. The predicted molar refractivity (Wildman–Crippen MR) is 72.1 cm³/mol. The quantitative estimate of drug-likeness (QED) is 0.889. The van der Waals surface area contributed by atoms with Crippen LogP contribution in [-0.2, 0) is 0 Å². The lowest BCUT2D eigenvalue weighted by molar-refractivity contribution is 0.167. The standard InChI is InChI=1S/C14H20ClNO/c1-10(2)11-5-6-14(13(15)8-11)17-12-4-3-7-16-9-12/h5-6,8,10,12,16H,3-4,7,9H2,1-2H3/t12-/m1/s1. The van der Waals surface area contributed by atoms with Crippen molar-refractivity contribution in [2.75, 3.05) is 13.1 Å². The molecule has 1 atom stereocenters. The molecule has 0 amide bonds. The van der Waals surface area contributed by atoms with Crippen molar-refractivity contribution in [2.24, 2.45) is 0 Å². The van der Waals surface area contributed by atoms with Crippen LogP contribution >= 0.6 is 11.6 Å². The lowest BCUT2D eigenvalue weighted by Crippen LogP contribution is -2.37. The second-order valence-electron chi connectivity index (χ2n) is 4.93. The molecule has 0 spiro atoms. The van der Waals surface area contributed by atoms with Gasteiger partial charge in [0.05, 0.1) is 5.02 Å². The van der Waals surface area contributed by atoms with Crippen LogP contribution in [0.1, 0.15) is 38.2 Å². The van der Waals surface area contributed by atoms with Crippen LogP contribution in [0.15, 0.2) is 18.2 Å². The van der Waals surface area contributed by atoms with Gasteiger partial charge in [-0.1, -0.05) is 31.5 Å². The van der Waals surface area contributed by atoms with E-state index in [9.17, 15) is 0 Å². The Balaban J connectivity index is 2.05. The van der Waals surface area contributed by atoms with E-state index in [0.717, 1.165) is 30.3 Å². The smallest absolute Gasteiger partial charge is 0.138 e. The SMILES string of the molecule is CC(C)c1ccc(O[C@@H]2CCCNC2)c(Cl)c1. The molecule has 1 N–H and O–H groups in total. The van der Waals surface area contributed by atoms with Gasteiger partial charge in [0.2, 0.25) is 0 Å². The van der Waals surface area contributed by atoms with E-state index in [-0.39, 0.29) is 6.10 Å². The summed E-state index contributed by atoms with van der Waals surface area (Å²) in [6, 6.07) is 6.10. The van der Waals surface area contributed by atoms with Crippen LogP contribution in [0.4, 0.5) is 0 Å². The van der Waals surface area contributed by atoms with Crippen LogP contribution in [0.5, 0.6) is 5.75 Å². The van der Waals surface area contributed by atoms with Gasteiger partial charge in [0.15, 0.2) is 0 Å². The Morgan fingerprint density at radius 1 is 1.41 bits per heavy atom. The molecule has 0 saturated carbocycles. The van der Waals surface area contributed by atoms with Gasteiger partial charge in [0.1, 0.15) is 11.9 Å². The first-order valence-corrected chi connectivity index (χ1v) is 6.71. The highest BCUT2D eigenvalue weighted by molar-refractivity contribution is 6.32. The summed E-state index contributed by atoms with van der Waals surface area (Å²) in [5.74, 6) is 1.31. The van der Waals surface area contributed by atoms with Crippen molar-refractivity contribution in [3.8, 4) is 5.75 Å². The number of halogens is 1. The maximum absolute atomic E-state index is 6.25. The van der Waals surface area contributed by atoms with Gasteiger partial charge in [0, 0.05) is 6.54 Å². The Morgan fingerprint density at radius 3 is 2.82 bits per heavy atom. The van der Waals surface area contributed by atoms with Crippen LogP contribution in [0.25, 0.3) is 0 Å². The van der Waals surface area contributed by atoms with E-state index in [0.29, 0.717) is 5.92 Å². The lowest BCUT2D eigenvalue weighted by atomic mass is 10.0. The van der Waals surface area contributed by atoms with Gasteiger partial charge >= 0.3 is 0 Å². The van der Waals surface area contributed by atoms with Gasteiger partial charge in [-0.05, 0) is 43.0 Å². The first-order valence-electron chi connectivity index (χ1n) is 6.33. The second kappa shape index (κ2) is 5.74. The summed E-state index contributed by atoms with van der Waals surface area (Å²) >= 11 is 6.25. The molecule has 0 radical (unpaired) electrons. The molecule has 3 heteroatoms. The maximum Gasteiger partial charge on any atom is 0.138 e. The molecule has 1 heterocycles. The number of hydrogen-bond donors (Lipinski definition) is 1. The van der Waals surface area contributed by atoms with Crippen molar-refractivity contribution in [3.05, 3.63) is 28.8 Å². The summed E-state index contributed by atoms with van der Waals surface area (Å²) in [5, 5.41) is 4.06. The van der Waals surface area contributed by atoms with Crippen molar-refractivity contribution in [1.82, 2.24) is 5.32 Å². The molecule has 1 aliphatic rings. The normalized spacial score (nSPS) is 20.6. The van der Waals surface area contributed by atoms with Gasteiger partial charge < -0.3 is 10.1 Å². The highest BCUT2D eigenvalue weighted by Crippen LogP contribution is 2.29. The van der Waals surface area contributed by atoms with Crippen molar-refractivity contribution < 1.29 is 4.74 Å². The Hall–Kier alpha value is -0.730. The summed E-state index contributed by atoms with van der Waals surface area (Å²) in [6.07, 6.45) is 2.54. The molecule has 17 heavy (non-hydrogen) atoms. The number of hydrogen-bond acceptors (Lipinski definition) is 2. The zero-order valence-electron chi connectivity index (χ0n) is 10.5. The Kier molecular flexibility index (Phi) is 4.30. The summed E-state index contributed by atoms with van der Waals surface area (Å²) < 4.78 is 5.93. The fraction of sp³-hybridized carbons (Fsp3) is 0.571. The summed E-state index contributed by atoms with van der Waals surface area (Å²) in [7, 11) is 0. The van der Waals surface area contributed by atoms with Gasteiger partial charge in [-0.25, -0.2) is 0 Å². The topological polar surface area (TPSA) is 21.3 Å². The van der Waals surface area contributed by atoms with Crippen molar-refractivity contribution in [2.45, 2.75) is 38.7 Å². The molecule has 2 rings (SSSR count). The third-order valence-electron chi connectivity index (χ3n) is 3.17. The molecule has 0 bridgehead atoms. The Morgan fingerprint density at radius 2 is 2.24 bits per heavy atom. The van der Waals surface area contributed by atoms with Crippen LogP contribution in [0, 0.1) is 0 Å². The van der Waals surface area contributed by atoms with E-state index >= 15 is 0 Å². The molecule has 1 aromatic carbocycles. The molecule has 1 aromatic rings. The molecule has 1 fully saturated rings. The Labute approximate surface area is 108 Å². The molecule has 2 nitrogen and oxygen atoms in total. The molecule has 0 aliphatic carbocycles. The zero-order valence-corrected chi connectivity index (χ0v) is 11.3. The number of rotatable bonds is 3. The van der Waals surface area contributed by atoms with Crippen molar-refractivity contribution >= 4 is 11.6 Å². The van der Waals surface area contributed by atoms with Crippen LogP contribution in [-0.4, -0.2) is 19.2 Å². The van der Waals surface area contributed by atoms with E-state index in [2.05, 4.69) is 25.2 Å². The minimum absolute atomic E-state index is 0.256. The van der Waals surface area contributed by atoms with Crippen LogP contribution in [0.2, 0.25) is 5.02 Å². The van der Waals surface area contributed by atoms with Crippen molar-refractivity contribution in [3.63, 3.8) is 0 Å². The fourth-order valence-corrected chi connectivity index (χ4v) is 2.31. The lowest BCUT2D eigenvalue weighted by Gasteiger charge is -2.24. The molecule has 1 aliphatic heterocycles. The first kappa shape index (κ1) is 12.7. The zero-order chi connectivity index (χ0) is 12.3. The number of nitrogens with one attached hydrogen (secondary N) is 1. The van der Waals surface area contributed by atoms with E-state index < -0.39 is 0 Å². The average Bonchev–Trinajstić information content (AvgIpc) is 2.33. The van der Waals surface area contributed by atoms with E-state index in [4.69, 9.17) is 16.3 Å². The van der Waals surface area contributed by atoms with Crippen LogP contribution in [0.3, 0.4) is 0 Å². The van der Waals surface area contributed by atoms with Crippen molar-refractivity contribution in [1.29, 1.82) is 0 Å². The number of piperidine rings is 1. The second-order valence-corrected chi connectivity index (χ2v) is 5.34. The molecular weight excluding hydrogens is 234 g/mol. The summed E-state index contributed by atoms with van der Waals surface area (Å²) in [5.41, 5.74) is 1.25. The molecule has 1 saturated heterocycles. The third kappa shape index (κ3) is 3.36. The fourth-order valence-electron chi connectivity index (χ4n) is 2.07. The average molecular weight is 254 g/mol. The van der Waals surface area contributed by atoms with E-state index in [1.807, 2.05) is 12.1 Å². The maximum atomic E-state index is 6.25. The van der Waals surface area contributed by atoms with Crippen LogP contribution < -0.4 is 10.1 Å². The number of ether oxygens (including phenoxy) is 1. The molecule has 94 valence electrons. The summed E-state index contributed by atoms with van der Waals surface area (Å²) in [6.45, 7) is 6.34. The molecular formula is C14H20ClNO. The highest BCUT2D eigenvalue weighted by atomic mass is 35.5. The summed E-state index contributed by atoms with van der Waals surface area (Å²) in [4.78, 5) is 0. The van der Waals surface area contributed by atoms with Gasteiger partial charge in [-0.2, -0.15) is 0 Å². The first-order chi connectivity index (χ1) is 8.16. The molecule has 0 unspecified atom stereocenters. The molecule has 0 aromatic heterocycles. The monoisotopic (exact) mass is 253 g/mol. The predicted octanol–water partition coefficient (Wildman–Crippen LogP) is 3.59. The van der Waals surface area contributed by atoms with E-state index in [1.54, 1.807) is 0 Å². The third-order valence-corrected chi connectivity index (χ3v) is 3.46. The largest absolute Gasteiger partial charge is 0.488 e. The Bertz CT molecular complexity index is 372. The van der Waals surface area contributed by atoms with Gasteiger partial charge in [-0.3, -0.25) is 0 Å². The number of benzene rings is 1. The van der Waals surface area contributed by atoms with Gasteiger partial charge in [0.25, 0.3) is 0 Å². The van der Waals surface area contributed by atoms with E-state index in [1.165, 1.54) is 12.0 Å². The minimum Gasteiger partial charge on any atom is -0.488 e. The van der Waals surface area contributed by atoms with Gasteiger partial charge in [-0.15, -0.1) is 0 Å².